The number of ether oxygens (including phenoxy) is 1. The molecule has 0 bridgehead atoms. The largest absolute Gasteiger partial charge is 0.463 e. The van der Waals surface area contributed by atoms with Gasteiger partial charge in [0.15, 0.2) is 5.82 Å². The average Bonchev–Trinajstić information content (AvgIpc) is 3.08. The van der Waals surface area contributed by atoms with E-state index < -0.39 is 0 Å². The molecule has 0 spiro atoms. The number of nitrogens with zero attached hydrogens (tertiary/aromatic N) is 3. The molecule has 0 aliphatic rings. The van der Waals surface area contributed by atoms with Crippen molar-refractivity contribution in [3.8, 4) is 23.1 Å². The Balaban J connectivity index is 2.01. The van der Waals surface area contributed by atoms with Crippen LogP contribution >= 0.6 is 34.8 Å². The van der Waals surface area contributed by atoms with E-state index in [0.717, 1.165) is 11.3 Å². The van der Waals surface area contributed by atoms with E-state index in [2.05, 4.69) is 15.4 Å². The van der Waals surface area contributed by atoms with E-state index in [0.29, 0.717) is 28.2 Å². The molecule has 0 saturated heterocycles. The smallest absolute Gasteiger partial charge is 0.336 e. The third kappa shape index (κ3) is 4.53. The molecule has 0 saturated carbocycles. The number of hydrogen-bond donors (Lipinski definition) is 1. The first-order valence-electron chi connectivity index (χ1n) is 8.03. The van der Waals surface area contributed by atoms with Crippen molar-refractivity contribution in [2.24, 2.45) is 0 Å². The summed E-state index contributed by atoms with van der Waals surface area (Å²) < 4.78 is 7.08. The highest BCUT2D eigenvalue weighted by Crippen LogP contribution is 2.30. The lowest BCUT2D eigenvalue weighted by Gasteiger charge is -2.08. The van der Waals surface area contributed by atoms with Crippen molar-refractivity contribution >= 4 is 46.4 Å². The summed E-state index contributed by atoms with van der Waals surface area (Å²) in [5, 5.41) is 7.96. The zero-order valence-corrected chi connectivity index (χ0v) is 16.5. The molecule has 0 atom stereocenters. The maximum absolute atomic E-state index is 11.4. The molecule has 9 heteroatoms. The minimum atomic E-state index is -0.278. The highest BCUT2D eigenvalue weighted by atomic mass is 35.5. The Bertz CT molecular complexity index is 958. The number of benzene rings is 2. The minimum absolute atomic E-state index is 0.107. The number of carbonyl (C=O) groups is 1. The van der Waals surface area contributed by atoms with Gasteiger partial charge in [-0.05, 0) is 49.4 Å². The molecular weight excluding hydrogens is 411 g/mol. The van der Waals surface area contributed by atoms with Crippen LogP contribution in [0, 0.1) is 0 Å². The number of amides is 1. The quantitative estimate of drug-likeness (QED) is 0.575. The van der Waals surface area contributed by atoms with Gasteiger partial charge in [0.25, 0.3) is 0 Å². The van der Waals surface area contributed by atoms with Crippen LogP contribution in [0.5, 0.6) is 6.01 Å². The van der Waals surface area contributed by atoms with Crippen molar-refractivity contribution in [2.75, 3.05) is 17.8 Å². The topological polar surface area (TPSA) is 69.0 Å². The second kappa shape index (κ2) is 8.61. The first-order valence-corrected chi connectivity index (χ1v) is 9.32. The van der Waals surface area contributed by atoms with Gasteiger partial charge >= 0.3 is 6.01 Å². The number of alkyl halides is 1. The van der Waals surface area contributed by atoms with E-state index >= 15 is 0 Å². The van der Waals surface area contributed by atoms with E-state index in [-0.39, 0.29) is 17.8 Å². The van der Waals surface area contributed by atoms with Gasteiger partial charge in [0.1, 0.15) is 5.88 Å². The van der Waals surface area contributed by atoms with Crippen molar-refractivity contribution in [1.82, 2.24) is 14.8 Å². The molecule has 3 rings (SSSR count). The Morgan fingerprint density at radius 2 is 1.89 bits per heavy atom. The van der Waals surface area contributed by atoms with Gasteiger partial charge in [0.05, 0.1) is 22.3 Å². The molecular formula is C18H15Cl3N4O2. The van der Waals surface area contributed by atoms with Crippen LogP contribution in [0.3, 0.4) is 0 Å². The summed E-state index contributed by atoms with van der Waals surface area (Å²) in [5.74, 6) is 0.166. The molecule has 6 nitrogen and oxygen atoms in total. The summed E-state index contributed by atoms with van der Waals surface area (Å²) in [4.78, 5) is 15.8. The fourth-order valence-corrected chi connectivity index (χ4v) is 2.73. The minimum Gasteiger partial charge on any atom is -0.463 e. The number of carbonyl (C=O) groups excluding carboxylic acids is 1. The summed E-state index contributed by atoms with van der Waals surface area (Å²) in [7, 11) is 0. The SMILES string of the molecule is CCOc1nc(-c2ccc(Cl)c(Cl)c2)n(-c2ccc(NC(=O)CCl)cc2)n1. The Hall–Kier alpha value is -2.28. The second-order valence-electron chi connectivity index (χ2n) is 5.42. The van der Waals surface area contributed by atoms with E-state index in [1.165, 1.54) is 0 Å². The molecule has 0 radical (unpaired) electrons. The van der Waals surface area contributed by atoms with Crippen LogP contribution in [0.2, 0.25) is 10.0 Å². The summed E-state index contributed by atoms with van der Waals surface area (Å²) in [5.41, 5.74) is 2.10. The van der Waals surface area contributed by atoms with Gasteiger partial charge in [-0.2, -0.15) is 4.98 Å². The zero-order valence-electron chi connectivity index (χ0n) is 14.2. The fourth-order valence-electron chi connectivity index (χ4n) is 2.37. The maximum Gasteiger partial charge on any atom is 0.336 e. The standard InChI is InChI=1S/C18H15Cl3N4O2/c1-2-27-18-23-17(11-3-8-14(20)15(21)9-11)25(24-18)13-6-4-12(5-7-13)22-16(26)10-19/h3-9H,2,10H2,1H3,(H,22,26). The third-order valence-electron chi connectivity index (χ3n) is 3.56. The summed E-state index contributed by atoms with van der Waals surface area (Å²) >= 11 is 17.7. The highest BCUT2D eigenvalue weighted by Gasteiger charge is 2.16. The lowest BCUT2D eigenvalue weighted by atomic mass is 10.2. The van der Waals surface area contributed by atoms with E-state index in [1.807, 2.05) is 6.92 Å². The van der Waals surface area contributed by atoms with Crippen molar-refractivity contribution in [3.63, 3.8) is 0 Å². The van der Waals surface area contributed by atoms with Crippen LogP contribution < -0.4 is 10.1 Å². The molecule has 0 aliphatic heterocycles. The first-order chi connectivity index (χ1) is 13.0. The predicted molar refractivity (Wildman–Crippen MR) is 107 cm³/mol. The molecule has 0 aliphatic carbocycles. The van der Waals surface area contributed by atoms with Crippen molar-refractivity contribution in [3.05, 3.63) is 52.5 Å². The predicted octanol–water partition coefficient (Wildman–Crippen LogP) is 4.82. The molecule has 1 aromatic heterocycles. The number of halogens is 3. The van der Waals surface area contributed by atoms with Crippen LogP contribution in [0.4, 0.5) is 5.69 Å². The van der Waals surface area contributed by atoms with E-state index in [4.69, 9.17) is 39.5 Å². The monoisotopic (exact) mass is 424 g/mol. The lowest BCUT2D eigenvalue weighted by molar-refractivity contribution is -0.113. The van der Waals surface area contributed by atoms with Crippen LogP contribution in [0.25, 0.3) is 17.1 Å². The highest BCUT2D eigenvalue weighted by molar-refractivity contribution is 6.42. The summed E-state index contributed by atoms with van der Waals surface area (Å²) in [6.07, 6.45) is 0. The normalized spacial score (nSPS) is 10.7. The van der Waals surface area contributed by atoms with E-state index in [9.17, 15) is 4.79 Å². The van der Waals surface area contributed by atoms with Gasteiger partial charge < -0.3 is 10.1 Å². The van der Waals surface area contributed by atoms with Crippen LogP contribution in [0.1, 0.15) is 6.92 Å². The van der Waals surface area contributed by atoms with Gasteiger partial charge in [0, 0.05) is 11.3 Å². The molecule has 0 fully saturated rings. The molecule has 1 heterocycles. The van der Waals surface area contributed by atoms with Gasteiger partial charge in [-0.1, -0.05) is 23.2 Å². The Labute approximate surface area is 171 Å². The van der Waals surface area contributed by atoms with Gasteiger partial charge in [-0.25, -0.2) is 4.68 Å². The maximum atomic E-state index is 11.4. The number of aromatic nitrogens is 3. The van der Waals surface area contributed by atoms with Crippen molar-refractivity contribution in [1.29, 1.82) is 0 Å². The molecule has 1 amide bonds. The lowest BCUT2D eigenvalue weighted by Crippen LogP contribution is -2.12. The molecule has 3 aromatic rings. The van der Waals surface area contributed by atoms with Crippen molar-refractivity contribution < 1.29 is 9.53 Å². The Morgan fingerprint density at radius 3 is 2.52 bits per heavy atom. The average molecular weight is 426 g/mol. The van der Waals surface area contributed by atoms with Crippen LogP contribution in [-0.2, 0) is 4.79 Å². The molecule has 27 heavy (non-hydrogen) atoms. The number of anilines is 1. The van der Waals surface area contributed by atoms with E-state index in [1.54, 1.807) is 47.1 Å². The Kier molecular flexibility index (Phi) is 6.21. The zero-order chi connectivity index (χ0) is 19.4. The van der Waals surface area contributed by atoms with Crippen molar-refractivity contribution in [2.45, 2.75) is 6.92 Å². The molecule has 1 N–H and O–H groups in total. The van der Waals surface area contributed by atoms with Crippen LogP contribution in [0.15, 0.2) is 42.5 Å². The van der Waals surface area contributed by atoms with Crippen LogP contribution in [-0.4, -0.2) is 33.2 Å². The second-order valence-corrected chi connectivity index (χ2v) is 6.50. The molecule has 2 aromatic carbocycles. The summed E-state index contributed by atoms with van der Waals surface area (Å²) in [6.45, 7) is 2.29. The molecule has 0 unspecified atom stereocenters. The number of hydrogen-bond acceptors (Lipinski definition) is 4. The van der Waals surface area contributed by atoms with Gasteiger partial charge in [0.2, 0.25) is 5.91 Å². The number of rotatable bonds is 6. The summed E-state index contributed by atoms with van der Waals surface area (Å²) in [6, 6.07) is 12.6. The Morgan fingerprint density at radius 1 is 1.15 bits per heavy atom. The van der Waals surface area contributed by atoms with Gasteiger partial charge in [-0.3, -0.25) is 4.79 Å². The first kappa shape index (κ1) is 19.5. The third-order valence-corrected chi connectivity index (χ3v) is 4.54. The molecule has 140 valence electrons. The fraction of sp³-hybridized carbons (Fsp3) is 0.167. The number of nitrogens with one attached hydrogen (secondary N) is 1. The van der Waals surface area contributed by atoms with Gasteiger partial charge in [-0.15, -0.1) is 16.7 Å².